The van der Waals surface area contributed by atoms with Crippen LogP contribution in [0.5, 0.6) is 17.2 Å². The number of benzene rings is 2. The average molecular weight is 486 g/mol. The second-order valence-corrected chi connectivity index (χ2v) is 9.12. The maximum atomic E-state index is 11.9. The Morgan fingerprint density at radius 3 is 2.61 bits per heavy atom. The van der Waals surface area contributed by atoms with Gasteiger partial charge in [0.15, 0.2) is 0 Å². The molecule has 8 heteroatoms. The van der Waals surface area contributed by atoms with Gasteiger partial charge >= 0.3 is 0 Å². The Hall–Kier alpha value is -4.07. The van der Waals surface area contributed by atoms with E-state index in [2.05, 4.69) is 27.8 Å². The molecule has 1 saturated carbocycles. The Morgan fingerprint density at radius 1 is 1.03 bits per heavy atom. The first-order valence-electron chi connectivity index (χ1n) is 12.3. The number of pyridine rings is 1. The average Bonchev–Trinajstić information content (AvgIpc) is 3.22. The van der Waals surface area contributed by atoms with Gasteiger partial charge in [0.25, 0.3) is 5.91 Å². The smallest absolute Gasteiger partial charge is 0.269 e. The summed E-state index contributed by atoms with van der Waals surface area (Å²) in [7, 11) is 5.24. The Balaban J connectivity index is 1.41. The first-order valence-corrected chi connectivity index (χ1v) is 12.3. The van der Waals surface area contributed by atoms with Gasteiger partial charge in [0.05, 0.1) is 23.8 Å². The van der Waals surface area contributed by atoms with E-state index in [9.17, 15) is 4.79 Å². The zero-order chi connectivity index (χ0) is 25.1. The molecule has 1 aliphatic carbocycles. The molecule has 36 heavy (non-hydrogen) atoms. The van der Waals surface area contributed by atoms with E-state index in [1.165, 1.54) is 37.7 Å². The molecule has 4 aromatic rings. The molecule has 0 bridgehead atoms. The summed E-state index contributed by atoms with van der Waals surface area (Å²) < 4.78 is 13.7. The third kappa shape index (κ3) is 4.84. The standard InChI is InChI=1S/C28H31N5O3/c1-29-27(34)24-17-21(13-14-30-24)36-20-10-11-25-22(16-20)31-28(33(25)2)32-23-15-19(9-12-26(23)35-3)18-7-5-4-6-8-18/h9-18H,4-8H2,1-3H3,(H,29,34)(H,31,32). The lowest BCUT2D eigenvalue weighted by molar-refractivity contribution is 0.0958. The van der Waals surface area contributed by atoms with Crippen molar-refractivity contribution in [2.24, 2.45) is 7.05 Å². The molecule has 0 radical (unpaired) electrons. The van der Waals surface area contributed by atoms with Crippen molar-refractivity contribution in [3.8, 4) is 17.2 Å². The molecule has 2 heterocycles. The molecule has 0 aliphatic heterocycles. The molecule has 8 nitrogen and oxygen atoms in total. The molecule has 0 spiro atoms. The summed E-state index contributed by atoms with van der Waals surface area (Å²) in [4.78, 5) is 20.8. The largest absolute Gasteiger partial charge is 0.495 e. The van der Waals surface area contributed by atoms with Crippen LogP contribution in [0.4, 0.5) is 11.6 Å². The number of aromatic nitrogens is 3. The zero-order valence-corrected chi connectivity index (χ0v) is 20.9. The van der Waals surface area contributed by atoms with Gasteiger partial charge in [-0.1, -0.05) is 25.3 Å². The number of carbonyl (C=O) groups excluding carboxylic acids is 1. The number of methoxy groups -OCH3 is 1. The number of fused-ring (bicyclic) bond motifs is 1. The van der Waals surface area contributed by atoms with Gasteiger partial charge in [-0.05, 0) is 54.7 Å². The SMILES string of the molecule is CNC(=O)c1cc(Oc2ccc3c(c2)nc(Nc2cc(C4CCCCC4)ccc2OC)n3C)ccn1. The van der Waals surface area contributed by atoms with E-state index in [1.54, 1.807) is 32.5 Å². The number of hydrogen-bond acceptors (Lipinski definition) is 6. The van der Waals surface area contributed by atoms with Crippen LogP contribution in [0.3, 0.4) is 0 Å². The zero-order valence-electron chi connectivity index (χ0n) is 20.9. The quantitative estimate of drug-likeness (QED) is 0.338. The number of nitrogens with one attached hydrogen (secondary N) is 2. The second kappa shape index (κ2) is 10.3. The lowest BCUT2D eigenvalue weighted by atomic mass is 9.84. The predicted molar refractivity (Wildman–Crippen MR) is 141 cm³/mol. The third-order valence-electron chi connectivity index (χ3n) is 6.83. The molecule has 0 unspecified atom stereocenters. The molecule has 0 saturated heterocycles. The minimum atomic E-state index is -0.265. The van der Waals surface area contributed by atoms with Crippen molar-refractivity contribution >= 4 is 28.6 Å². The molecule has 2 N–H and O–H groups in total. The number of amides is 1. The van der Waals surface area contributed by atoms with Crippen LogP contribution in [0, 0.1) is 0 Å². The van der Waals surface area contributed by atoms with Crippen LogP contribution >= 0.6 is 0 Å². The van der Waals surface area contributed by atoms with Crippen LogP contribution in [0.25, 0.3) is 11.0 Å². The van der Waals surface area contributed by atoms with E-state index in [-0.39, 0.29) is 5.91 Å². The number of hydrogen-bond donors (Lipinski definition) is 2. The number of rotatable bonds is 7. The summed E-state index contributed by atoms with van der Waals surface area (Å²) in [5.41, 5.74) is 4.31. The topological polar surface area (TPSA) is 90.3 Å². The number of anilines is 2. The third-order valence-corrected chi connectivity index (χ3v) is 6.83. The first kappa shape index (κ1) is 23.7. The van der Waals surface area contributed by atoms with Gasteiger partial charge in [-0.2, -0.15) is 0 Å². The lowest BCUT2D eigenvalue weighted by Gasteiger charge is -2.23. The number of ether oxygens (including phenoxy) is 2. The number of carbonyl (C=O) groups is 1. The van der Waals surface area contributed by atoms with Gasteiger partial charge in [-0.25, -0.2) is 4.98 Å². The van der Waals surface area contributed by atoms with E-state index in [0.717, 1.165) is 22.5 Å². The van der Waals surface area contributed by atoms with Crippen molar-refractivity contribution in [1.82, 2.24) is 19.9 Å². The molecule has 0 atom stereocenters. The molecule has 2 aromatic heterocycles. The lowest BCUT2D eigenvalue weighted by Crippen LogP contribution is -2.18. The summed E-state index contributed by atoms with van der Waals surface area (Å²) in [5, 5.41) is 6.06. The van der Waals surface area contributed by atoms with Crippen molar-refractivity contribution in [2.45, 2.75) is 38.0 Å². The van der Waals surface area contributed by atoms with Crippen LogP contribution in [-0.4, -0.2) is 34.6 Å². The van der Waals surface area contributed by atoms with Crippen molar-refractivity contribution in [3.05, 3.63) is 66.0 Å². The molecular weight excluding hydrogens is 454 g/mol. The number of nitrogens with zero attached hydrogens (tertiary/aromatic N) is 3. The van der Waals surface area contributed by atoms with Crippen molar-refractivity contribution in [3.63, 3.8) is 0 Å². The minimum Gasteiger partial charge on any atom is -0.495 e. The molecule has 1 fully saturated rings. The van der Waals surface area contributed by atoms with Crippen molar-refractivity contribution in [2.75, 3.05) is 19.5 Å². The predicted octanol–water partition coefficient (Wildman–Crippen LogP) is 5.92. The molecule has 2 aromatic carbocycles. The van der Waals surface area contributed by atoms with Crippen LogP contribution < -0.4 is 20.1 Å². The van der Waals surface area contributed by atoms with E-state index < -0.39 is 0 Å². The Labute approximate surface area is 210 Å². The van der Waals surface area contributed by atoms with Gasteiger partial charge < -0.3 is 24.7 Å². The molecule has 5 rings (SSSR count). The van der Waals surface area contributed by atoms with Crippen molar-refractivity contribution in [1.29, 1.82) is 0 Å². The molecule has 1 aliphatic rings. The summed E-state index contributed by atoms with van der Waals surface area (Å²) in [6.45, 7) is 0. The van der Waals surface area contributed by atoms with Crippen LogP contribution in [0.1, 0.15) is 54.1 Å². The number of imidazole rings is 1. The highest BCUT2D eigenvalue weighted by molar-refractivity contribution is 5.92. The normalized spacial score (nSPS) is 14.0. The van der Waals surface area contributed by atoms with Gasteiger partial charge in [0.2, 0.25) is 5.95 Å². The van der Waals surface area contributed by atoms with Crippen LogP contribution in [0.2, 0.25) is 0 Å². The monoisotopic (exact) mass is 485 g/mol. The van der Waals surface area contributed by atoms with Gasteiger partial charge in [0.1, 0.15) is 22.9 Å². The fourth-order valence-corrected chi connectivity index (χ4v) is 4.85. The fourth-order valence-electron chi connectivity index (χ4n) is 4.85. The molecule has 1 amide bonds. The summed E-state index contributed by atoms with van der Waals surface area (Å²) in [6, 6.07) is 15.5. The molecular formula is C28H31N5O3. The molecule has 186 valence electrons. The van der Waals surface area contributed by atoms with Gasteiger partial charge in [-0.15, -0.1) is 0 Å². The van der Waals surface area contributed by atoms with Crippen molar-refractivity contribution < 1.29 is 14.3 Å². The fraction of sp³-hybridized carbons (Fsp3) is 0.321. The van der Waals surface area contributed by atoms with Crippen LogP contribution in [-0.2, 0) is 7.05 Å². The minimum absolute atomic E-state index is 0.265. The highest BCUT2D eigenvalue weighted by Gasteiger charge is 2.18. The summed E-state index contributed by atoms with van der Waals surface area (Å²) in [6.07, 6.45) is 7.95. The Bertz CT molecular complexity index is 1390. The second-order valence-electron chi connectivity index (χ2n) is 9.12. The van der Waals surface area contributed by atoms with E-state index in [1.807, 2.05) is 35.9 Å². The maximum absolute atomic E-state index is 11.9. The summed E-state index contributed by atoms with van der Waals surface area (Å²) >= 11 is 0. The first-order chi connectivity index (χ1) is 17.6. The Kier molecular flexibility index (Phi) is 6.75. The highest BCUT2D eigenvalue weighted by Crippen LogP contribution is 2.37. The maximum Gasteiger partial charge on any atom is 0.269 e. The Morgan fingerprint density at radius 2 is 1.83 bits per heavy atom. The number of aryl methyl sites for hydroxylation is 1. The van der Waals surface area contributed by atoms with E-state index in [0.29, 0.717) is 29.1 Å². The summed E-state index contributed by atoms with van der Waals surface area (Å²) in [5.74, 6) is 2.99. The van der Waals surface area contributed by atoms with Crippen LogP contribution in [0.15, 0.2) is 54.7 Å². The highest BCUT2D eigenvalue weighted by atomic mass is 16.5. The van der Waals surface area contributed by atoms with E-state index in [4.69, 9.17) is 14.5 Å². The van der Waals surface area contributed by atoms with Gasteiger partial charge in [-0.3, -0.25) is 9.78 Å². The van der Waals surface area contributed by atoms with E-state index >= 15 is 0 Å². The van der Waals surface area contributed by atoms with Gasteiger partial charge in [0, 0.05) is 32.4 Å².